The summed E-state index contributed by atoms with van der Waals surface area (Å²) in [6.07, 6.45) is -6.05. The number of hydrogen-bond donors (Lipinski definition) is 2. The van der Waals surface area contributed by atoms with Crippen LogP contribution in [-0.4, -0.2) is 17.2 Å². The Hall–Kier alpha value is -1.72. The molecule has 3 nitrogen and oxygen atoms in total. The molecule has 0 atom stereocenters. The standard InChI is InChI=1S/C11H12F3NO2/c1-6-4-9(16)7(2)3-8(6)15-10(17)5-11(12,13)14/h3-4,16H,5H2,1-2H3,(H,15,17). The number of halogens is 3. The van der Waals surface area contributed by atoms with Gasteiger partial charge in [0.2, 0.25) is 5.91 Å². The molecule has 0 heterocycles. The monoisotopic (exact) mass is 247 g/mol. The first-order valence-corrected chi connectivity index (χ1v) is 4.86. The highest BCUT2D eigenvalue weighted by Crippen LogP contribution is 2.26. The molecule has 0 bridgehead atoms. The summed E-state index contributed by atoms with van der Waals surface area (Å²) in [5, 5.41) is 11.5. The molecule has 0 unspecified atom stereocenters. The fraction of sp³-hybridized carbons (Fsp3) is 0.364. The van der Waals surface area contributed by atoms with E-state index in [9.17, 15) is 23.1 Å². The van der Waals surface area contributed by atoms with E-state index in [1.54, 1.807) is 13.8 Å². The van der Waals surface area contributed by atoms with E-state index in [1.165, 1.54) is 12.1 Å². The lowest BCUT2D eigenvalue weighted by Crippen LogP contribution is -2.21. The number of rotatable bonds is 2. The number of nitrogens with one attached hydrogen (secondary N) is 1. The molecule has 0 aliphatic heterocycles. The van der Waals surface area contributed by atoms with Crippen molar-refractivity contribution in [3.8, 4) is 5.75 Å². The molecule has 1 aromatic carbocycles. The zero-order chi connectivity index (χ0) is 13.2. The van der Waals surface area contributed by atoms with Crippen LogP contribution < -0.4 is 5.32 Å². The highest BCUT2D eigenvalue weighted by atomic mass is 19.4. The summed E-state index contributed by atoms with van der Waals surface area (Å²) in [6.45, 7) is 3.18. The number of anilines is 1. The number of phenolic OH excluding ortho intramolecular Hbond substituents is 1. The Morgan fingerprint density at radius 3 is 2.41 bits per heavy atom. The lowest BCUT2D eigenvalue weighted by Gasteiger charge is -2.11. The zero-order valence-corrected chi connectivity index (χ0v) is 9.35. The van der Waals surface area contributed by atoms with E-state index in [-0.39, 0.29) is 11.4 Å². The van der Waals surface area contributed by atoms with Gasteiger partial charge in [0.05, 0.1) is 0 Å². The molecule has 0 saturated carbocycles. The van der Waals surface area contributed by atoms with E-state index >= 15 is 0 Å². The quantitative estimate of drug-likeness (QED) is 0.789. The topological polar surface area (TPSA) is 49.3 Å². The van der Waals surface area contributed by atoms with Crippen molar-refractivity contribution in [3.05, 3.63) is 23.3 Å². The Balaban J connectivity index is 2.82. The molecule has 1 aromatic rings. The van der Waals surface area contributed by atoms with E-state index in [1.807, 2.05) is 0 Å². The molecule has 1 rings (SSSR count). The molecule has 0 aliphatic carbocycles. The van der Waals surface area contributed by atoms with Crippen LogP contribution in [0.2, 0.25) is 0 Å². The maximum atomic E-state index is 12.0. The second-order valence-corrected chi connectivity index (χ2v) is 3.79. The minimum Gasteiger partial charge on any atom is -0.508 e. The Morgan fingerprint density at radius 1 is 1.29 bits per heavy atom. The van der Waals surface area contributed by atoms with E-state index in [0.717, 1.165) is 0 Å². The fourth-order valence-corrected chi connectivity index (χ4v) is 1.31. The molecule has 2 N–H and O–H groups in total. The molecule has 1 amide bonds. The first-order valence-electron chi connectivity index (χ1n) is 4.86. The van der Waals surface area contributed by atoms with Gasteiger partial charge in [0, 0.05) is 5.69 Å². The van der Waals surface area contributed by atoms with Gasteiger partial charge in [-0.3, -0.25) is 4.79 Å². The Kier molecular flexibility index (Phi) is 3.65. The average Bonchev–Trinajstić information content (AvgIpc) is 2.11. The fourth-order valence-electron chi connectivity index (χ4n) is 1.31. The summed E-state index contributed by atoms with van der Waals surface area (Å²) < 4.78 is 35.9. The minimum atomic E-state index is -4.52. The number of alkyl halides is 3. The van der Waals surface area contributed by atoms with Crippen molar-refractivity contribution in [2.75, 3.05) is 5.32 Å². The number of benzene rings is 1. The number of hydrogen-bond acceptors (Lipinski definition) is 2. The van der Waals surface area contributed by atoms with Crippen molar-refractivity contribution in [2.45, 2.75) is 26.4 Å². The molecule has 94 valence electrons. The maximum Gasteiger partial charge on any atom is 0.397 e. The third-order valence-corrected chi connectivity index (χ3v) is 2.18. The van der Waals surface area contributed by atoms with Crippen LogP contribution in [0.25, 0.3) is 0 Å². The van der Waals surface area contributed by atoms with Gasteiger partial charge in [-0.25, -0.2) is 0 Å². The number of amides is 1. The lowest BCUT2D eigenvalue weighted by molar-refractivity contribution is -0.150. The Bertz CT molecular complexity index is 441. The number of aryl methyl sites for hydroxylation is 2. The molecule has 0 saturated heterocycles. The lowest BCUT2D eigenvalue weighted by atomic mass is 10.1. The number of carbonyl (C=O) groups is 1. The van der Waals surface area contributed by atoms with Gasteiger partial charge < -0.3 is 10.4 Å². The van der Waals surface area contributed by atoms with Crippen molar-refractivity contribution in [3.63, 3.8) is 0 Å². The second kappa shape index (κ2) is 4.65. The van der Waals surface area contributed by atoms with Crippen LogP contribution in [0.4, 0.5) is 18.9 Å². The van der Waals surface area contributed by atoms with Crippen LogP contribution in [0.3, 0.4) is 0 Å². The number of carbonyl (C=O) groups excluding carboxylic acids is 1. The maximum absolute atomic E-state index is 12.0. The minimum absolute atomic E-state index is 0.0383. The van der Waals surface area contributed by atoms with Gasteiger partial charge in [-0.1, -0.05) is 0 Å². The number of phenols is 1. The summed E-state index contributed by atoms with van der Waals surface area (Å²) in [5.74, 6) is -1.08. The van der Waals surface area contributed by atoms with E-state index in [0.29, 0.717) is 11.1 Å². The van der Waals surface area contributed by atoms with Gasteiger partial charge in [0.25, 0.3) is 0 Å². The zero-order valence-electron chi connectivity index (χ0n) is 9.35. The van der Waals surface area contributed by atoms with E-state index < -0.39 is 18.5 Å². The third kappa shape index (κ3) is 3.97. The predicted octanol–water partition coefficient (Wildman–Crippen LogP) is 2.90. The average molecular weight is 247 g/mol. The largest absolute Gasteiger partial charge is 0.508 e. The van der Waals surface area contributed by atoms with Crippen molar-refractivity contribution in [1.29, 1.82) is 0 Å². The third-order valence-electron chi connectivity index (χ3n) is 2.18. The predicted molar refractivity (Wildman–Crippen MR) is 56.9 cm³/mol. The molecule has 17 heavy (non-hydrogen) atoms. The summed E-state index contributed by atoms with van der Waals surface area (Å²) in [7, 11) is 0. The highest BCUT2D eigenvalue weighted by molar-refractivity contribution is 5.92. The van der Waals surface area contributed by atoms with Crippen LogP contribution in [0.1, 0.15) is 17.5 Å². The van der Waals surface area contributed by atoms with Crippen LogP contribution >= 0.6 is 0 Å². The molecule has 0 radical (unpaired) electrons. The number of aromatic hydroxyl groups is 1. The van der Waals surface area contributed by atoms with Gasteiger partial charge in [0.15, 0.2) is 0 Å². The molecule has 6 heteroatoms. The van der Waals surface area contributed by atoms with Crippen molar-refractivity contribution in [2.24, 2.45) is 0 Å². The Morgan fingerprint density at radius 2 is 1.88 bits per heavy atom. The van der Waals surface area contributed by atoms with Crippen molar-refractivity contribution in [1.82, 2.24) is 0 Å². The van der Waals surface area contributed by atoms with Gasteiger partial charge in [-0.2, -0.15) is 13.2 Å². The van der Waals surface area contributed by atoms with Crippen LogP contribution in [0, 0.1) is 13.8 Å². The van der Waals surface area contributed by atoms with Gasteiger partial charge >= 0.3 is 6.18 Å². The Labute approximate surface area is 96.3 Å². The molecular formula is C11H12F3NO2. The molecule has 0 aromatic heterocycles. The summed E-state index contributed by atoms with van der Waals surface area (Å²) in [5.41, 5.74) is 1.26. The summed E-state index contributed by atoms with van der Waals surface area (Å²) in [4.78, 5) is 11.1. The first kappa shape index (κ1) is 13.3. The van der Waals surface area contributed by atoms with Crippen molar-refractivity contribution < 1.29 is 23.1 Å². The van der Waals surface area contributed by atoms with Gasteiger partial charge in [-0.15, -0.1) is 0 Å². The highest BCUT2D eigenvalue weighted by Gasteiger charge is 2.31. The summed E-state index contributed by atoms with van der Waals surface area (Å²) >= 11 is 0. The van der Waals surface area contributed by atoms with Crippen molar-refractivity contribution >= 4 is 11.6 Å². The second-order valence-electron chi connectivity index (χ2n) is 3.79. The SMILES string of the molecule is Cc1cc(NC(=O)CC(F)(F)F)c(C)cc1O. The van der Waals surface area contributed by atoms with E-state index in [2.05, 4.69) is 5.32 Å². The molecular weight excluding hydrogens is 235 g/mol. The van der Waals surface area contributed by atoms with Gasteiger partial charge in [0.1, 0.15) is 12.2 Å². The molecule has 0 aliphatic rings. The first-order chi connectivity index (χ1) is 7.69. The molecule has 0 spiro atoms. The summed E-state index contributed by atoms with van der Waals surface area (Å²) in [6, 6.07) is 2.82. The van der Waals surface area contributed by atoms with Crippen LogP contribution in [0.5, 0.6) is 5.75 Å². The van der Waals surface area contributed by atoms with Crippen LogP contribution in [-0.2, 0) is 4.79 Å². The smallest absolute Gasteiger partial charge is 0.397 e. The molecule has 0 fully saturated rings. The van der Waals surface area contributed by atoms with E-state index in [4.69, 9.17) is 0 Å². The normalized spacial score (nSPS) is 11.4. The van der Waals surface area contributed by atoms with Gasteiger partial charge in [-0.05, 0) is 37.1 Å². The van der Waals surface area contributed by atoms with Crippen LogP contribution in [0.15, 0.2) is 12.1 Å².